The number of nitrogens with zero attached hydrogens (tertiary/aromatic N) is 5. The van der Waals surface area contributed by atoms with Crippen LogP contribution >= 0.6 is 0 Å². The number of fused-ring (bicyclic) bond motifs is 3. The summed E-state index contributed by atoms with van der Waals surface area (Å²) in [7, 11) is 2.86. The molecule has 0 aliphatic carbocycles. The van der Waals surface area contributed by atoms with Crippen LogP contribution in [-0.4, -0.2) is 57.7 Å². The number of hydrogen-bond donors (Lipinski definition) is 1. The molecule has 0 saturated carbocycles. The Balaban J connectivity index is 0.00000272. The fraction of sp³-hybridized carbons (Fsp3) is 0.238. The van der Waals surface area contributed by atoms with Gasteiger partial charge in [-0.2, -0.15) is 4.98 Å². The maximum atomic E-state index is 13.3. The summed E-state index contributed by atoms with van der Waals surface area (Å²) in [5.41, 5.74) is -0.401. The number of hydrogen-bond acceptors (Lipinski definition) is 5. The molecule has 3 aromatic heterocycles. The molecule has 0 atom stereocenters. The number of rotatable bonds is 4. The first-order valence-corrected chi connectivity index (χ1v) is 9.44. The Morgan fingerprint density at radius 2 is 1.71 bits per heavy atom. The molecule has 9 nitrogen and oxygen atoms in total. The first-order chi connectivity index (χ1) is 14.4. The third kappa shape index (κ3) is 3.58. The number of allylic oxidation sites excluding steroid dienone is 2. The minimum absolute atomic E-state index is 0. The van der Waals surface area contributed by atoms with E-state index in [-0.39, 0.29) is 70.9 Å². The van der Waals surface area contributed by atoms with E-state index in [1.54, 1.807) is 12.2 Å². The van der Waals surface area contributed by atoms with E-state index in [9.17, 15) is 19.5 Å². The number of benzene rings is 1. The van der Waals surface area contributed by atoms with Crippen LogP contribution in [0.5, 0.6) is 5.88 Å². The average Bonchev–Trinajstić information content (AvgIpc) is 3.15. The number of aromatic nitrogens is 5. The number of imidazole rings is 1. The van der Waals surface area contributed by atoms with Crippen LogP contribution in [0.3, 0.4) is 0 Å². The van der Waals surface area contributed by atoms with Crippen LogP contribution in [0.1, 0.15) is 18.1 Å². The number of aromatic hydroxyl groups is 1. The summed E-state index contributed by atoms with van der Waals surface area (Å²) in [6.07, 6.45) is 3.72. The van der Waals surface area contributed by atoms with Crippen LogP contribution in [0.4, 0.5) is 0 Å². The van der Waals surface area contributed by atoms with Crippen LogP contribution in [0, 0.1) is 0 Å². The quantitative estimate of drug-likeness (QED) is 0.369. The van der Waals surface area contributed by atoms with Crippen molar-refractivity contribution in [3.8, 4) is 5.88 Å². The Kier molecular flexibility index (Phi) is 6.40. The second-order valence-corrected chi connectivity index (χ2v) is 7.08. The van der Waals surface area contributed by atoms with E-state index >= 15 is 0 Å². The fourth-order valence-corrected chi connectivity index (χ4v) is 3.57. The summed E-state index contributed by atoms with van der Waals surface area (Å²) in [6, 6.07) is 9.34. The molecule has 0 bridgehead atoms. The van der Waals surface area contributed by atoms with Gasteiger partial charge in [0.2, 0.25) is 11.7 Å². The Morgan fingerprint density at radius 1 is 1.03 bits per heavy atom. The van der Waals surface area contributed by atoms with Gasteiger partial charge in [-0.25, -0.2) is 9.20 Å². The Labute approximate surface area is 198 Å². The summed E-state index contributed by atoms with van der Waals surface area (Å²) >= 11 is 0. The van der Waals surface area contributed by atoms with Gasteiger partial charge in [-0.3, -0.25) is 23.3 Å². The van der Waals surface area contributed by atoms with Crippen molar-refractivity contribution in [2.75, 3.05) is 0 Å². The predicted octanol–water partition coefficient (Wildman–Crippen LogP) is 0.271. The zero-order chi connectivity index (χ0) is 21.6. The van der Waals surface area contributed by atoms with Gasteiger partial charge >= 0.3 is 35.2 Å². The standard InChI is InChI=1S/C21H21N5O4.Na.H/c1-4-5-11-14-17(27)25(12-13-9-7-6-8-10-13)20-22-16-15(26(20)18(14)28)19(29)24(3)21(30)23(16)2;;/h4-10,28H,11-12H2,1-3H3;;. The second-order valence-electron chi connectivity index (χ2n) is 7.08. The van der Waals surface area contributed by atoms with E-state index < -0.39 is 16.8 Å². The molecule has 0 aliphatic rings. The van der Waals surface area contributed by atoms with Crippen molar-refractivity contribution < 1.29 is 5.11 Å². The van der Waals surface area contributed by atoms with Crippen molar-refractivity contribution in [1.29, 1.82) is 0 Å². The van der Waals surface area contributed by atoms with Crippen molar-refractivity contribution in [3.05, 3.63) is 84.8 Å². The van der Waals surface area contributed by atoms with Crippen molar-refractivity contribution in [3.63, 3.8) is 0 Å². The van der Waals surface area contributed by atoms with Gasteiger partial charge in [-0.15, -0.1) is 0 Å². The summed E-state index contributed by atoms with van der Waals surface area (Å²) in [6.45, 7) is 2.01. The zero-order valence-corrected chi connectivity index (χ0v) is 16.9. The third-order valence-corrected chi connectivity index (χ3v) is 5.21. The molecular weight excluding hydrogens is 409 g/mol. The van der Waals surface area contributed by atoms with Gasteiger partial charge in [-0.05, 0) is 12.5 Å². The van der Waals surface area contributed by atoms with Crippen LogP contribution in [-0.2, 0) is 27.1 Å². The Bertz CT molecular complexity index is 1490. The Hall–Kier alpha value is -2.88. The molecule has 0 unspecified atom stereocenters. The number of aryl methyl sites for hydroxylation is 1. The monoisotopic (exact) mass is 431 g/mol. The maximum absolute atomic E-state index is 13.3. The molecule has 4 aromatic rings. The summed E-state index contributed by atoms with van der Waals surface area (Å²) in [5.74, 6) is -0.255. The normalized spacial score (nSPS) is 11.5. The first-order valence-electron chi connectivity index (χ1n) is 9.44. The van der Waals surface area contributed by atoms with Gasteiger partial charge in [0.25, 0.3) is 11.1 Å². The van der Waals surface area contributed by atoms with E-state index in [2.05, 4.69) is 4.98 Å². The topological polar surface area (TPSA) is 104 Å². The molecular formula is C21H22N5NaO4. The first kappa shape index (κ1) is 22.8. The van der Waals surface area contributed by atoms with Gasteiger partial charge in [-0.1, -0.05) is 42.5 Å². The van der Waals surface area contributed by atoms with Gasteiger partial charge in [0.15, 0.2) is 11.2 Å². The molecule has 156 valence electrons. The average molecular weight is 431 g/mol. The predicted molar refractivity (Wildman–Crippen MR) is 120 cm³/mol. The van der Waals surface area contributed by atoms with Crippen molar-refractivity contribution in [2.45, 2.75) is 19.9 Å². The van der Waals surface area contributed by atoms with Crippen LogP contribution in [0.25, 0.3) is 16.9 Å². The molecule has 4 rings (SSSR count). The molecule has 3 heterocycles. The zero-order valence-electron chi connectivity index (χ0n) is 16.9. The molecule has 0 saturated heterocycles. The van der Waals surface area contributed by atoms with Crippen molar-refractivity contribution in [2.24, 2.45) is 14.1 Å². The Morgan fingerprint density at radius 3 is 2.35 bits per heavy atom. The van der Waals surface area contributed by atoms with Crippen LogP contribution in [0.2, 0.25) is 0 Å². The van der Waals surface area contributed by atoms with Crippen molar-refractivity contribution in [1.82, 2.24) is 23.1 Å². The van der Waals surface area contributed by atoms with E-state index in [1.807, 2.05) is 37.3 Å². The third-order valence-electron chi connectivity index (χ3n) is 5.21. The molecule has 0 radical (unpaired) electrons. The molecule has 0 amide bonds. The second kappa shape index (κ2) is 8.70. The summed E-state index contributed by atoms with van der Waals surface area (Å²) in [4.78, 5) is 42.9. The molecule has 10 heteroatoms. The molecule has 31 heavy (non-hydrogen) atoms. The molecule has 0 spiro atoms. The van der Waals surface area contributed by atoms with E-state index in [0.717, 1.165) is 10.1 Å². The van der Waals surface area contributed by atoms with E-state index in [1.165, 1.54) is 27.6 Å². The molecule has 1 aromatic carbocycles. The van der Waals surface area contributed by atoms with Gasteiger partial charge in [0.05, 0.1) is 12.1 Å². The van der Waals surface area contributed by atoms with E-state index in [4.69, 9.17) is 0 Å². The van der Waals surface area contributed by atoms with Gasteiger partial charge in [0, 0.05) is 20.5 Å². The SMILES string of the molecule is CC=CCc1c(O)n2c3c(=O)n(C)c(=O)n(C)c3nc2n(Cc2ccccc2)c1=O.[NaH]. The van der Waals surface area contributed by atoms with Gasteiger partial charge in [0.1, 0.15) is 0 Å². The molecule has 1 N–H and O–H groups in total. The molecule has 0 fully saturated rings. The minimum atomic E-state index is -0.599. The molecule has 0 aliphatic heterocycles. The van der Waals surface area contributed by atoms with Crippen molar-refractivity contribution >= 4 is 46.5 Å². The fourth-order valence-electron chi connectivity index (χ4n) is 3.57. The van der Waals surface area contributed by atoms with Crippen LogP contribution in [0.15, 0.2) is 56.9 Å². The van der Waals surface area contributed by atoms with Crippen LogP contribution < -0.4 is 16.8 Å². The van der Waals surface area contributed by atoms with E-state index in [0.29, 0.717) is 0 Å². The summed E-state index contributed by atoms with van der Waals surface area (Å²) < 4.78 is 4.86. The van der Waals surface area contributed by atoms with Gasteiger partial charge < -0.3 is 5.11 Å². The summed E-state index contributed by atoms with van der Waals surface area (Å²) in [5, 5.41) is 11.0.